The van der Waals surface area contributed by atoms with Crippen LogP contribution in [-0.4, -0.2) is 39.1 Å². The number of thiophene rings is 1. The summed E-state index contributed by atoms with van der Waals surface area (Å²) in [4.78, 5) is 28.3. The second kappa shape index (κ2) is 8.39. The van der Waals surface area contributed by atoms with Crippen LogP contribution in [-0.2, 0) is 16.0 Å². The highest BCUT2D eigenvalue weighted by molar-refractivity contribution is 7.09. The molecule has 6 nitrogen and oxygen atoms in total. The first-order valence-electron chi connectivity index (χ1n) is 9.43. The minimum Gasteiger partial charge on any atom is -0.331 e. The van der Waals surface area contributed by atoms with Crippen molar-refractivity contribution in [3.05, 3.63) is 65.1 Å². The molecule has 1 atom stereocenters. The van der Waals surface area contributed by atoms with Gasteiger partial charge in [0, 0.05) is 35.9 Å². The Balaban J connectivity index is 1.36. The quantitative estimate of drug-likeness (QED) is 0.696. The molecule has 7 heteroatoms. The third kappa shape index (κ3) is 4.14. The van der Waals surface area contributed by atoms with Gasteiger partial charge in [-0.15, -0.1) is 11.3 Å². The monoisotopic (exact) mass is 394 g/mol. The number of benzene rings is 1. The van der Waals surface area contributed by atoms with Gasteiger partial charge in [0.2, 0.25) is 11.8 Å². The third-order valence-corrected chi connectivity index (χ3v) is 5.88. The molecule has 0 unspecified atom stereocenters. The maximum atomic E-state index is 12.8. The summed E-state index contributed by atoms with van der Waals surface area (Å²) in [6, 6.07) is 13.0. The van der Waals surface area contributed by atoms with Crippen LogP contribution >= 0.6 is 11.3 Å². The van der Waals surface area contributed by atoms with Crippen LogP contribution in [0.1, 0.15) is 24.1 Å². The number of aryl methyl sites for hydroxylation is 1. The summed E-state index contributed by atoms with van der Waals surface area (Å²) < 4.78 is 1.76. The summed E-state index contributed by atoms with van der Waals surface area (Å²) in [6.45, 7) is 0.652. The molecular weight excluding hydrogens is 372 g/mol. The van der Waals surface area contributed by atoms with Crippen molar-refractivity contribution in [3.8, 4) is 5.69 Å². The standard InChI is InChI=1S/C21H22N4O2S/c26-20(11-10-18-4-2-15-28-18)24-13-1-5-19(24)21(27)23-16-6-8-17(9-7-16)25-14-3-12-22-25/h2-4,6-9,12,14-15,19H,1,5,10-11,13H2,(H,23,27)/t19-/m1/s1. The predicted octanol–water partition coefficient (Wildman–Crippen LogP) is 3.50. The number of carbonyl (C=O) groups excluding carboxylic acids is 2. The molecule has 2 amide bonds. The first-order valence-corrected chi connectivity index (χ1v) is 10.3. The van der Waals surface area contributed by atoms with Crippen molar-refractivity contribution in [2.45, 2.75) is 31.7 Å². The Morgan fingerprint density at radius 2 is 2.04 bits per heavy atom. The van der Waals surface area contributed by atoms with Crippen LogP contribution in [0, 0.1) is 0 Å². The summed E-state index contributed by atoms with van der Waals surface area (Å²) in [5.74, 6) is -0.0612. The van der Waals surface area contributed by atoms with Gasteiger partial charge in [0.05, 0.1) is 5.69 Å². The maximum Gasteiger partial charge on any atom is 0.247 e. The van der Waals surface area contributed by atoms with Crippen molar-refractivity contribution in [1.29, 1.82) is 0 Å². The predicted molar refractivity (Wildman–Crippen MR) is 110 cm³/mol. The topological polar surface area (TPSA) is 67.2 Å². The maximum absolute atomic E-state index is 12.8. The molecule has 1 saturated heterocycles. The zero-order valence-electron chi connectivity index (χ0n) is 15.5. The highest BCUT2D eigenvalue weighted by Crippen LogP contribution is 2.22. The summed E-state index contributed by atoms with van der Waals surface area (Å²) in [5, 5.41) is 9.16. The number of rotatable bonds is 6. The van der Waals surface area contributed by atoms with Gasteiger partial charge in [0.1, 0.15) is 6.04 Å². The lowest BCUT2D eigenvalue weighted by atomic mass is 10.1. The van der Waals surface area contributed by atoms with Crippen molar-refractivity contribution in [1.82, 2.24) is 14.7 Å². The van der Waals surface area contributed by atoms with Crippen molar-refractivity contribution in [3.63, 3.8) is 0 Å². The van der Waals surface area contributed by atoms with Gasteiger partial charge in [-0.2, -0.15) is 5.10 Å². The number of nitrogens with one attached hydrogen (secondary N) is 1. The second-order valence-electron chi connectivity index (χ2n) is 6.81. The van der Waals surface area contributed by atoms with Crippen LogP contribution in [0.4, 0.5) is 5.69 Å². The van der Waals surface area contributed by atoms with Crippen molar-refractivity contribution in [2.24, 2.45) is 0 Å². The molecule has 3 aromatic rings. The van der Waals surface area contributed by atoms with E-state index in [0.717, 1.165) is 24.2 Å². The highest BCUT2D eigenvalue weighted by atomic mass is 32.1. The fourth-order valence-corrected chi connectivity index (χ4v) is 4.22. The molecule has 1 N–H and O–H groups in total. The van der Waals surface area contributed by atoms with Crippen LogP contribution in [0.5, 0.6) is 0 Å². The van der Waals surface area contributed by atoms with Crippen LogP contribution in [0.15, 0.2) is 60.2 Å². The van der Waals surface area contributed by atoms with E-state index in [1.54, 1.807) is 27.1 Å². The minimum absolute atomic E-state index is 0.0556. The van der Waals surface area contributed by atoms with Gasteiger partial charge in [-0.25, -0.2) is 4.68 Å². The van der Waals surface area contributed by atoms with E-state index >= 15 is 0 Å². The van der Waals surface area contributed by atoms with Crippen LogP contribution in [0.3, 0.4) is 0 Å². The Hall–Kier alpha value is -2.93. The lowest BCUT2D eigenvalue weighted by Gasteiger charge is -2.24. The Morgan fingerprint density at radius 1 is 1.18 bits per heavy atom. The summed E-state index contributed by atoms with van der Waals surface area (Å²) in [7, 11) is 0. The van der Waals surface area contributed by atoms with Crippen molar-refractivity contribution >= 4 is 28.8 Å². The molecule has 144 valence electrons. The molecule has 0 radical (unpaired) electrons. The molecule has 1 aliphatic heterocycles. The molecule has 3 heterocycles. The van der Waals surface area contributed by atoms with Crippen LogP contribution < -0.4 is 5.32 Å². The van der Waals surface area contributed by atoms with Gasteiger partial charge >= 0.3 is 0 Å². The number of hydrogen-bond acceptors (Lipinski definition) is 4. The van der Waals surface area contributed by atoms with E-state index in [1.165, 1.54) is 4.88 Å². The average molecular weight is 395 g/mol. The van der Waals surface area contributed by atoms with Crippen molar-refractivity contribution < 1.29 is 9.59 Å². The highest BCUT2D eigenvalue weighted by Gasteiger charge is 2.33. The van der Waals surface area contributed by atoms with E-state index in [1.807, 2.05) is 54.0 Å². The fraction of sp³-hybridized carbons (Fsp3) is 0.286. The van der Waals surface area contributed by atoms with Gasteiger partial charge < -0.3 is 10.2 Å². The van der Waals surface area contributed by atoms with E-state index in [0.29, 0.717) is 19.4 Å². The van der Waals surface area contributed by atoms with Crippen LogP contribution in [0.2, 0.25) is 0 Å². The second-order valence-corrected chi connectivity index (χ2v) is 7.84. The van der Waals surface area contributed by atoms with Gasteiger partial charge in [-0.1, -0.05) is 6.07 Å². The summed E-state index contributed by atoms with van der Waals surface area (Å²) >= 11 is 1.66. The van der Waals surface area contributed by atoms with Gasteiger partial charge in [0.15, 0.2) is 0 Å². The van der Waals surface area contributed by atoms with E-state index in [9.17, 15) is 9.59 Å². The van der Waals surface area contributed by atoms with Gasteiger partial charge in [-0.3, -0.25) is 9.59 Å². The molecule has 0 spiro atoms. The van der Waals surface area contributed by atoms with E-state index in [2.05, 4.69) is 10.4 Å². The Bertz CT molecular complexity index is 920. The summed E-state index contributed by atoms with van der Waals surface area (Å²) in [5.41, 5.74) is 1.65. The number of carbonyl (C=O) groups is 2. The number of hydrogen-bond donors (Lipinski definition) is 1. The summed E-state index contributed by atoms with van der Waals surface area (Å²) in [6.07, 6.45) is 6.34. The van der Waals surface area contributed by atoms with Gasteiger partial charge in [0.25, 0.3) is 0 Å². The Kier molecular flexibility index (Phi) is 5.53. The normalized spacial score (nSPS) is 16.3. The lowest BCUT2D eigenvalue weighted by Crippen LogP contribution is -2.43. The number of aromatic nitrogens is 2. The molecule has 4 rings (SSSR count). The van der Waals surface area contributed by atoms with E-state index in [-0.39, 0.29) is 17.9 Å². The number of anilines is 1. The minimum atomic E-state index is -0.387. The largest absolute Gasteiger partial charge is 0.331 e. The average Bonchev–Trinajstić information content (AvgIpc) is 3.49. The fourth-order valence-electron chi connectivity index (χ4n) is 3.51. The molecule has 2 aromatic heterocycles. The molecule has 0 saturated carbocycles. The molecule has 1 aliphatic rings. The zero-order valence-corrected chi connectivity index (χ0v) is 16.3. The first-order chi connectivity index (χ1) is 13.7. The van der Waals surface area contributed by atoms with E-state index < -0.39 is 0 Å². The van der Waals surface area contributed by atoms with Crippen LogP contribution in [0.25, 0.3) is 5.69 Å². The molecule has 1 fully saturated rings. The zero-order chi connectivity index (χ0) is 19.3. The smallest absolute Gasteiger partial charge is 0.247 e. The molecule has 0 aliphatic carbocycles. The molecule has 0 bridgehead atoms. The van der Waals surface area contributed by atoms with E-state index in [4.69, 9.17) is 0 Å². The first kappa shape index (κ1) is 18.4. The third-order valence-electron chi connectivity index (χ3n) is 4.94. The number of amides is 2. The Morgan fingerprint density at radius 3 is 2.75 bits per heavy atom. The lowest BCUT2D eigenvalue weighted by molar-refractivity contribution is -0.136. The number of nitrogens with zero attached hydrogens (tertiary/aromatic N) is 3. The molecular formula is C21H22N4O2S. The molecule has 1 aromatic carbocycles. The SMILES string of the molecule is O=C(Nc1ccc(-n2cccn2)cc1)[C@H]1CCCN1C(=O)CCc1cccs1. The van der Waals surface area contributed by atoms with Gasteiger partial charge in [-0.05, 0) is 61.0 Å². The molecule has 28 heavy (non-hydrogen) atoms. The van der Waals surface area contributed by atoms with Crippen molar-refractivity contribution in [2.75, 3.05) is 11.9 Å². The number of likely N-dealkylation sites (tertiary alicyclic amines) is 1. The Labute approximate surface area is 167 Å².